The van der Waals surface area contributed by atoms with Crippen LogP contribution in [0.25, 0.3) is 0 Å². The molecule has 102 valence electrons. The van der Waals surface area contributed by atoms with Crippen LogP contribution in [0.15, 0.2) is 42.2 Å². The number of carbonyl (C=O) groups is 1. The minimum absolute atomic E-state index is 0.0171. The molecule has 2 rings (SSSR count). The maximum Gasteiger partial charge on any atom is 0.248 e. The Labute approximate surface area is 114 Å². The van der Waals surface area contributed by atoms with E-state index >= 15 is 0 Å². The standard InChI is InChI=1S/C16H21NO2/c1-2-3-7-10-19-15-12-16(18)17-14(15)11-13-8-5-4-6-9-13/h4-6,8-9,12,14H,2-3,7,10-11H2,1H3,(H,17,18). The summed E-state index contributed by atoms with van der Waals surface area (Å²) in [5.74, 6) is 0.733. The van der Waals surface area contributed by atoms with Gasteiger partial charge in [-0.3, -0.25) is 4.79 Å². The van der Waals surface area contributed by atoms with Gasteiger partial charge in [0.1, 0.15) is 5.76 Å². The lowest BCUT2D eigenvalue weighted by Crippen LogP contribution is -2.31. The zero-order valence-corrected chi connectivity index (χ0v) is 11.4. The molecule has 0 spiro atoms. The molecule has 0 saturated carbocycles. The van der Waals surface area contributed by atoms with E-state index in [4.69, 9.17) is 4.74 Å². The highest BCUT2D eigenvalue weighted by Crippen LogP contribution is 2.16. The number of hydrogen-bond acceptors (Lipinski definition) is 2. The van der Waals surface area contributed by atoms with Crippen LogP contribution in [-0.2, 0) is 16.0 Å². The van der Waals surface area contributed by atoms with Crippen molar-refractivity contribution in [3.63, 3.8) is 0 Å². The SMILES string of the molecule is CCCCCOC1=CC(=O)NC1Cc1ccccc1. The molecule has 0 bridgehead atoms. The minimum Gasteiger partial charge on any atom is -0.496 e. The van der Waals surface area contributed by atoms with Gasteiger partial charge in [0.2, 0.25) is 5.91 Å². The summed E-state index contributed by atoms with van der Waals surface area (Å²) >= 11 is 0. The number of rotatable bonds is 7. The number of carbonyl (C=O) groups excluding carboxylic acids is 1. The van der Waals surface area contributed by atoms with Crippen LogP contribution in [0.5, 0.6) is 0 Å². The monoisotopic (exact) mass is 259 g/mol. The average Bonchev–Trinajstić information content (AvgIpc) is 2.76. The van der Waals surface area contributed by atoms with E-state index < -0.39 is 0 Å². The zero-order valence-electron chi connectivity index (χ0n) is 11.4. The molecule has 1 aliphatic rings. The van der Waals surface area contributed by atoms with E-state index in [9.17, 15) is 4.79 Å². The third kappa shape index (κ3) is 4.12. The molecule has 0 aliphatic carbocycles. The van der Waals surface area contributed by atoms with E-state index in [0.29, 0.717) is 6.61 Å². The first-order valence-electron chi connectivity index (χ1n) is 6.98. The van der Waals surface area contributed by atoms with E-state index in [1.165, 1.54) is 12.0 Å². The molecule has 1 heterocycles. The second kappa shape index (κ2) is 6.98. The van der Waals surface area contributed by atoms with Crippen molar-refractivity contribution in [2.24, 2.45) is 0 Å². The fraction of sp³-hybridized carbons (Fsp3) is 0.438. The largest absolute Gasteiger partial charge is 0.496 e. The second-order valence-corrected chi connectivity index (χ2v) is 4.85. The van der Waals surface area contributed by atoms with Crippen molar-refractivity contribution in [3.8, 4) is 0 Å². The quantitative estimate of drug-likeness (QED) is 0.765. The van der Waals surface area contributed by atoms with Gasteiger partial charge in [0.15, 0.2) is 0 Å². The Morgan fingerprint density at radius 2 is 2.00 bits per heavy atom. The molecule has 19 heavy (non-hydrogen) atoms. The lowest BCUT2D eigenvalue weighted by molar-refractivity contribution is -0.116. The number of nitrogens with one attached hydrogen (secondary N) is 1. The van der Waals surface area contributed by atoms with Crippen molar-refractivity contribution in [1.82, 2.24) is 5.32 Å². The molecule has 0 fully saturated rings. The Morgan fingerprint density at radius 1 is 1.21 bits per heavy atom. The van der Waals surface area contributed by atoms with Gasteiger partial charge in [-0.15, -0.1) is 0 Å². The maximum atomic E-state index is 11.5. The topological polar surface area (TPSA) is 38.3 Å². The Hall–Kier alpha value is -1.77. The highest BCUT2D eigenvalue weighted by Gasteiger charge is 2.25. The molecule has 0 radical (unpaired) electrons. The Morgan fingerprint density at radius 3 is 2.74 bits per heavy atom. The molecular formula is C16H21NO2. The minimum atomic E-state index is -0.0496. The van der Waals surface area contributed by atoms with Crippen molar-refractivity contribution in [3.05, 3.63) is 47.7 Å². The Balaban J connectivity index is 1.89. The summed E-state index contributed by atoms with van der Waals surface area (Å²) in [6, 6.07) is 10.1. The molecule has 1 aliphatic heterocycles. The lowest BCUT2D eigenvalue weighted by atomic mass is 10.1. The molecular weight excluding hydrogens is 238 g/mol. The lowest BCUT2D eigenvalue weighted by Gasteiger charge is -2.16. The van der Waals surface area contributed by atoms with Crippen LogP contribution in [-0.4, -0.2) is 18.6 Å². The van der Waals surface area contributed by atoms with Crippen molar-refractivity contribution in [1.29, 1.82) is 0 Å². The molecule has 0 aromatic heterocycles. The Kier molecular flexibility index (Phi) is 5.01. The molecule has 1 amide bonds. The molecule has 3 nitrogen and oxygen atoms in total. The third-order valence-electron chi connectivity index (χ3n) is 3.23. The van der Waals surface area contributed by atoms with Gasteiger partial charge in [-0.2, -0.15) is 0 Å². The normalized spacial score (nSPS) is 18.1. The van der Waals surface area contributed by atoms with Gasteiger partial charge in [0.05, 0.1) is 12.6 Å². The van der Waals surface area contributed by atoms with Gasteiger partial charge < -0.3 is 10.1 Å². The highest BCUT2D eigenvalue weighted by atomic mass is 16.5. The molecule has 1 aromatic rings. The molecule has 1 aromatic carbocycles. The highest BCUT2D eigenvalue weighted by molar-refractivity contribution is 5.91. The average molecular weight is 259 g/mol. The molecule has 0 saturated heterocycles. The summed E-state index contributed by atoms with van der Waals surface area (Å²) in [7, 11) is 0. The summed E-state index contributed by atoms with van der Waals surface area (Å²) in [6.07, 6.45) is 5.75. The van der Waals surface area contributed by atoms with Crippen molar-refractivity contribution >= 4 is 5.91 Å². The van der Waals surface area contributed by atoms with Crippen LogP contribution in [0, 0.1) is 0 Å². The van der Waals surface area contributed by atoms with Gasteiger partial charge in [-0.05, 0) is 18.4 Å². The molecule has 1 unspecified atom stereocenters. The number of hydrogen-bond donors (Lipinski definition) is 1. The summed E-state index contributed by atoms with van der Waals surface area (Å²) in [6.45, 7) is 2.86. The predicted octanol–water partition coefficient (Wildman–Crippen LogP) is 2.82. The summed E-state index contributed by atoms with van der Waals surface area (Å²) in [4.78, 5) is 11.5. The molecule has 1 atom stereocenters. The van der Waals surface area contributed by atoms with Gasteiger partial charge in [0.25, 0.3) is 0 Å². The van der Waals surface area contributed by atoms with Crippen molar-refractivity contribution in [2.75, 3.05) is 6.61 Å². The summed E-state index contributed by atoms with van der Waals surface area (Å²) < 4.78 is 5.74. The van der Waals surface area contributed by atoms with Crippen LogP contribution in [0.1, 0.15) is 31.7 Å². The van der Waals surface area contributed by atoms with Crippen LogP contribution in [0.3, 0.4) is 0 Å². The fourth-order valence-corrected chi connectivity index (χ4v) is 2.20. The number of benzene rings is 1. The van der Waals surface area contributed by atoms with E-state index in [1.807, 2.05) is 18.2 Å². The maximum absolute atomic E-state index is 11.5. The first kappa shape index (κ1) is 13.7. The molecule has 3 heteroatoms. The summed E-state index contributed by atoms with van der Waals surface area (Å²) in [5.41, 5.74) is 1.21. The van der Waals surface area contributed by atoms with Gasteiger partial charge in [0, 0.05) is 6.08 Å². The predicted molar refractivity (Wildman–Crippen MR) is 75.6 cm³/mol. The zero-order chi connectivity index (χ0) is 13.5. The first-order valence-corrected chi connectivity index (χ1v) is 6.98. The number of amides is 1. The van der Waals surface area contributed by atoms with E-state index in [-0.39, 0.29) is 11.9 Å². The number of ether oxygens (including phenoxy) is 1. The number of unbranched alkanes of at least 4 members (excludes halogenated alkanes) is 2. The van der Waals surface area contributed by atoms with Gasteiger partial charge in [-0.1, -0.05) is 50.1 Å². The van der Waals surface area contributed by atoms with Crippen LogP contribution >= 0.6 is 0 Å². The first-order chi connectivity index (χ1) is 9.29. The summed E-state index contributed by atoms with van der Waals surface area (Å²) in [5, 5.41) is 2.94. The van der Waals surface area contributed by atoms with E-state index in [1.54, 1.807) is 6.08 Å². The van der Waals surface area contributed by atoms with Gasteiger partial charge >= 0.3 is 0 Å². The second-order valence-electron chi connectivity index (χ2n) is 4.85. The van der Waals surface area contributed by atoms with Crippen LogP contribution < -0.4 is 5.32 Å². The van der Waals surface area contributed by atoms with Crippen LogP contribution in [0.2, 0.25) is 0 Å². The third-order valence-corrected chi connectivity index (χ3v) is 3.23. The smallest absolute Gasteiger partial charge is 0.248 e. The van der Waals surface area contributed by atoms with E-state index in [0.717, 1.165) is 25.0 Å². The molecule has 1 N–H and O–H groups in total. The van der Waals surface area contributed by atoms with E-state index in [2.05, 4.69) is 24.4 Å². The van der Waals surface area contributed by atoms with Gasteiger partial charge in [-0.25, -0.2) is 0 Å². The fourth-order valence-electron chi connectivity index (χ4n) is 2.20. The van der Waals surface area contributed by atoms with Crippen LogP contribution in [0.4, 0.5) is 0 Å². The van der Waals surface area contributed by atoms with Crippen molar-refractivity contribution < 1.29 is 9.53 Å². The van der Waals surface area contributed by atoms with Crippen molar-refractivity contribution in [2.45, 2.75) is 38.6 Å². The Bertz CT molecular complexity index is 439.